The fourth-order valence-electron chi connectivity index (χ4n) is 1.96. The van der Waals surface area contributed by atoms with E-state index in [0.717, 1.165) is 5.56 Å². The van der Waals surface area contributed by atoms with Gasteiger partial charge in [-0.25, -0.2) is 0 Å². The molecular weight excluding hydrogens is 224 g/mol. The summed E-state index contributed by atoms with van der Waals surface area (Å²) in [7, 11) is 0. The van der Waals surface area contributed by atoms with Crippen molar-refractivity contribution < 1.29 is 4.79 Å². The summed E-state index contributed by atoms with van der Waals surface area (Å²) in [5, 5.41) is 2.90. The molecule has 0 saturated carbocycles. The lowest BCUT2D eigenvalue weighted by Crippen LogP contribution is -2.22. The monoisotopic (exact) mass is 240 g/mol. The molecular formula is C15H16N2O. The minimum atomic E-state index is -0.0726. The van der Waals surface area contributed by atoms with Gasteiger partial charge in [0.05, 0.1) is 0 Å². The molecule has 0 unspecified atom stereocenters. The summed E-state index contributed by atoms with van der Waals surface area (Å²) in [6.07, 6.45) is 3.23. The van der Waals surface area contributed by atoms with Gasteiger partial charge >= 0.3 is 0 Å². The van der Waals surface area contributed by atoms with E-state index in [1.807, 2.05) is 0 Å². The smallest absolute Gasteiger partial charge is 0.251 e. The van der Waals surface area contributed by atoms with Crippen LogP contribution in [-0.2, 0) is 6.54 Å². The molecule has 0 saturated heterocycles. The van der Waals surface area contributed by atoms with E-state index in [0.29, 0.717) is 12.1 Å². The molecule has 2 aromatic rings. The topological polar surface area (TPSA) is 42.0 Å². The van der Waals surface area contributed by atoms with E-state index in [4.69, 9.17) is 0 Å². The lowest BCUT2D eigenvalue weighted by atomic mass is 10.1. The molecule has 0 radical (unpaired) electrons. The molecule has 0 aliphatic carbocycles. The maximum absolute atomic E-state index is 11.8. The second-order valence-corrected chi connectivity index (χ2v) is 4.41. The first-order valence-electron chi connectivity index (χ1n) is 5.90. The highest BCUT2D eigenvalue weighted by molar-refractivity contribution is 5.93. The molecule has 0 fully saturated rings. The first kappa shape index (κ1) is 12.3. The molecule has 3 heteroatoms. The molecule has 0 aliphatic rings. The lowest BCUT2D eigenvalue weighted by Gasteiger charge is -2.07. The number of carbonyl (C=O) groups excluding carboxylic acids is 1. The Morgan fingerprint density at radius 3 is 2.33 bits per heavy atom. The van der Waals surface area contributed by atoms with Crippen molar-refractivity contribution in [2.75, 3.05) is 0 Å². The van der Waals surface area contributed by atoms with E-state index in [2.05, 4.69) is 42.3 Å². The van der Waals surface area contributed by atoms with Crippen LogP contribution in [0.4, 0.5) is 0 Å². The molecule has 1 amide bonds. The molecule has 1 N–H and O–H groups in total. The molecule has 0 aliphatic heterocycles. The highest BCUT2D eigenvalue weighted by Crippen LogP contribution is 2.08. The predicted molar refractivity (Wildman–Crippen MR) is 71.3 cm³/mol. The van der Waals surface area contributed by atoms with Crippen LogP contribution in [0.25, 0.3) is 0 Å². The van der Waals surface area contributed by atoms with Crippen LogP contribution < -0.4 is 5.32 Å². The van der Waals surface area contributed by atoms with E-state index >= 15 is 0 Å². The number of aryl methyl sites for hydroxylation is 2. The van der Waals surface area contributed by atoms with Gasteiger partial charge in [-0.05, 0) is 31.5 Å². The summed E-state index contributed by atoms with van der Waals surface area (Å²) in [5.74, 6) is -0.0726. The van der Waals surface area contributed by atoms with Crippen molar-refractivity contribution in [1.29, 1.82) is 0 Å². The molecule has 0 atom stereocenters. The standard InChI is InChI=1S/C15H16N2O/c1-11-7-12(2)9-13(8-11)10-17-15(18)14-3-5-16-6-4-14/h3-9H,10H2,1-2H3,(H,17,18). The van der Waals surface area contributed by atoms with Crippen LogP contribution in [0.1, 0.15) is 27.0 Å². The SMILES string of the molecule is Cc1cc(C)cc(CNC(=O)c2ccncc2)c1. The van der Waals surface area contributed by atoms with Crippen LogP contribution >= 0.6 is 0 Å². The van der Waals surface area contributed by atoms with Crippen molar-refractivity contribution >= 4 is 5.91 Å². The lowest BCUT2D eigenvalue weighted by molar-refractivity contribution is 0.0951. The number of benzene rings is 1. The zero-order valence-corrected chi connectivity index (χ0v) is 10.6. The number of amides is 1. The normalized spacial score (nSPS) is 10.1. The van der Waals surface area contributed by atoms with Crippen LogP contribution in [-0.4, -0.2) is 10.9 Å². The Morgan fingerprint density at radius 2 is 1.72 bits per heavy atom. The van der Waals surface area contributed by atoms with E-state index in [1.165, 1.54) is 11.1 Å². The van der Waals surface area contributed by atoms with Crippen LogP contribution in [0.5, 0.6) is 0 Å². The van der Waals surface area contributed by atoms with Crippen molar-refractivity contribution in [2.24, 2.45) is 0 Å². The van der Waals surface area contributed by atoms with Crippen molar-refractivity contribution in [3.05, 3.63) is 65.0 Å². The summed E-state index contributed by atoms with van der Waals surface area (Å²) >= 11 is 0. The third-order valence-corrected chi connectivity index (χ3v) is 2.68. The Kier molecular flexibility index (Phi) is 3.72. The Morgan fingerprint density at radius 1 is 1.11 bits per heavy atom. The minimum absolute atomic E-state index is 0.0726. The van der Waals surface area contributed by atoms with Gasteiger partial charge in [-0.2, -0.15) is 0 Å². The summed E-state index contributed by atoms with van der Waals surface area (Å²) < 4.78 is 0. The first-order valence-corrected chi connectivity index (χ1v) is 5.90. The highest BCUT2D eigenvalue weighted by Gasteiger charge is 2.04. The van der Waals surface area contributed by atoms with Gasteiger partial charge in [-0.1, -0.05) is 29.3 Å². The average Bonchev–Trinajstić information content (AvgIpc) is 2.36. The number of nitrogens with one attached hydrogen (secondary N) is 1. The van der Waals surface area contributed by atoms with Crippen molar-refractivity contribution in [2.45, 2.75) is 20.4 Å². The second-order valence-electron chi connectivity index (χ2n) is 4.41. The minimum Gasteiger partial charge on any atom is -0.348 e. The van der Waals surface area contributed by atoms with E-state index < -0.39 is 0 Å². The number of rotatable bonds is 3. The Bertz CT molecular complexity index is 529. The van der Waals surface area contributed by atoms with Gasteiger partial charge in [-0.15, -0.1) is 0 Å². The third kappa shape index (κ3) is 3.17. The molecule has 18 heavy (non-hydrogen) atoms. The zero-order chi connectivity index (χ0) is 13.0. The van der Waals surface area contributed by atoms with Gasteiger partial charge in [0.25, 0.3) is 5.91 Å². The van der Waals surface area contributed by atoms with Crippen LogP contribution in [0, 0.1) is 13.8 Å². The molecule has 1 aromatic heterocycles. The summed E-state index contributed by atoms with van der Waals surface area (Å²) in [6, 6.07) is 9.70. The molecule has 92 valence electrons. The van der Waals surface area contributed by atoms with E-state index in [9.17, 15) is 4.79 Å². The van der Waals surface area contributed by atoms with Gasteiger partial charge < -0.3 is 5.32 Å². The van der Waals surface area contributed by atoms with Gasteiger partial charge in [0, 0.05) is 24.5 Å². The van der Waals surface area contributed by atoms with Gasteiger partial charge in [0.15, 0.2) is 0 Å². The summed E-state index contributed by atoms with van der Waals surface area (Å²) in [4.78, 5) is 15.7. The molecule has 1 heterocycles. The molecule has 0 spiro atoms. The van der Waals surface area contributed by atoms with E-state index in [-0.39, 0.29) is 5.91 Å². The maximum Gasteiger partial charge on any atom is 0.251 e. The number of pyridine rings is 1. The number of carbonyl (C=O) groups is 1. The van der Waals surface area contributed by atoms with Crippen LogP contribution in [0.15, 0.2) is 42.7 Å². The molecule has 0 bridgehead atoms. The molecule has 3 nitrogen and oxygen atoms in total. The van der Waals surface area contributed by atoms with Crippen molar-refractivity contribution in [1.82, 2.24) is 10.3 Å². The van der Waals surface area contributed by atoms with Crippen molar-refractivity contribution in [3.63, 3.8) is 0 Å². The Labute approximate surface area is 107 Å². The molecule has 1 aromatic carbocycles. The van der Waals surface area contributed by atoms with E-state index in [1.54, 1.807) is 24.5 Å². The van der Waals surface area contributed by atoms with Gasteiger partial charge in [-0.3, -0.25) is 9.78 Å². The molecule has 2 rings (SSSR count). The number of aromatic nitrogens is 1. The fraction of sp³-hybridized carbons (Fsp3) is 0.200. The quantitative estimate of drug-likeness (QED) is 0.896. The predicted octanol–water partition coefficient (Wildman–Crippen LogP) is 2.63. The Balaban J connectivity index is 2.02. The number of hydrogen-bond donors (Lipinski definition) is 1. The summed E-state index contributed by atoms with van der Waals surface area (Å²) in [5.41, 5.74) is 4.18. The summed E-state index contributed by atoms with van der Waals surface area (Å²) in [6.45, 7) is 4.66. The Hall–Kier alpha value is -2.16. The number of nitrogens with zero attached hydrogens (tertiary/aromatic N) is 1. The second kappa shape index (κ2) is 5.45. The van der Waals surface area contributed by atoms with Crippen LogP contribution in [0.2, 0.25) is 0 Å². The average molecular weight is 240 g/mol. The van der Waals surface area contributed by atoms with Crippen molar-refractivity contribution in [3.8, 4) is 0 Å². The highest BCUT2D eigenvalue weighted by atomic mass is 16.1. The zero-order valence-electron chi connectivity index (χ0n) is 10.6. The van der Waals surface area contributed by atoms with Crippen LogP contribution in [0.3, 0.4) is 0 Å². The third-order valence-electron chi connectivity index (χ3n) is 2.68. The number of hydrogen-bond acceptors (Lipinski definition) is 2. The first-order chi connectivity index (χ1) is 8.65. The van der Waals surface area contributed by atoms with Gasteiger partial charge in [0.2, 0.25) is 0 Å². The van der Waals surface area contributed by atoms with Gasteiger partial charge in [0.1, 0.15) is 0 Å². The maximum atomic E-state index is 11.8. The largest absolute Gasteiger partial charge is 0.348 e. The fourth-order valence-corrected chi connectivity index (χ4v) is 1.96.